The molecule has 1 N–H and O–H groups in total. The number of aromatic nitrogens is 1. The van der Waals surface area contributed by atoms with Gasteiger partial charge >= 0.3 is 0 Å². The van der Waals surface area contributed by atoms with Crippen LogP contribution in [-0.4, -0.2) is 45.8 Å². The summed E-state index contributed by atoms with van der Waals surface area (Å²) >= 11 is 1.47. The first-order chi connectivity index (χ1) is 8.53. The van der Waals surface area contributed by atoms with E-state index in [1.54, 1.807) is 30.2 Å². The largest absolute Gasteiger partial charge is 0.388 e. The average Bonchev–Trinajstić information content (AvgIpc) is 2.36. The highest BCUT2D eigenvalue weighted by Crippen LogP contribution is 2.24. The van der Waals surface area contributed by atoms with Crippen LogP contribution in [0.15, 0.2) is 23.4 Å². The number of likely N-dealkylation sites (tertiary alicyclic amines) is 1. The summed E-state index contributed by atoms with van der Waals surface area (Å²) in [7, 11) is 0. The topological polar surface area (TPSA) is 53.4 Å². The van der Waals surface area contributed by atoms with Crippen LogP contribution in [0.25, 0.3) is 0 Å². The van der Waals surface area contributed by atoms with Crippen molar-refractivity contribution in [2.24, 2.45) is 0 Å². The fourth-order valence-electron chi connectivity index (χ4n) is 2.28. The summed E-state index contributed by atoms with van der Waals surface area (Å²) < 4.78 is 0. The Morgan fingerprint density at radius 1 is 1.61 bits per heavy atom. The van der Waals surface area contributed by atoms with Gasteiger partial charge in [0.1, 0.15) is 5.03 Å². The summed E-state index contributed by atoms with van der Waals surface area (Å²) in [5.41, 5.74) is -0.141. The molecule has 0 spiro atoms. The standard InChI is InChI=1S/C13H18N2O2S/c1-13(17)6-4-8-15(9-13)12(16)10-5-3-7-14-11(10)18-2/h3,5,7,17H,4,6,8-9H2,1-2H3. The molecule has 18 heavy (non-hydrogen) atoms. The van der Waals surface area contributed by atoms with Crippen molar-refractivity contribution in [1.29, 1.82) is 0 Å². The van der Waals surface area contributed by atoms with Crippen molar-refractivity contribution in [2.75, 3.05) is 19.3 Å². The Morgan fingerprint density at radius 2 is 2.39 bits per heavy atom. The number of β-amino-alcohol motifs (C(OH)–C–C–N with tert-alkyl or cyclic N) is 1. The van der Waals surface area contributed by atoms with E-state index in [1.807, 2.05) is 6.26 Å². The lowest BCUT2D eigenvalue weighted by molar-refractivity contribution is -0.0108. The Balaban J connectivity index is 2.20. The fraction of sp³-hybridized carbons (Fsp3) is 0.538. The number of carbonyl (C=O) groups excluding carboxylic acids is 1. The zero-order valence-corrected chi connectivity index (χ0v) is 11.5. The lowest BCUT2D eigenvalue weighted by atomic mass is 9.95. The zero-order chi connectivity index (χ0) is 13.2. The maximum atomic E-state index is 12.4. The van der Waals surface area contributed by atoms with Gasteiger partial charge in [-0.25, -0.2) is 4.98 Å². The van der Waals surface area contributed by atoms with E-state index in [2.05, 4.69) is 4.98 Å². The second-order valence-electron chi connectivity index (χ2n) is 4.89. The Labute approximate surface area is 111 Å². The van der Waals surface area contributed by atoms with Gasteiger partial charge in [0, 0.05) is 19.3 Å². The molecule has 1 saturated heterocycles. The highest BCUT2D eigenvalue weighted by molar-refractivity contribution is 7.98. The van der Waals surface area contributed by atoms with Crippen LogP contribution in [0.3, 0.4) is 0 Å². The molecule has 1 aliphatic rings. The van der Waals surface area contributed by atoms with Gasteiger partial charge in [0.2, 0.25) is 0 Å². The lowest BCUT2D eigenvalue weighted by Gasteiger charge is -2.37. The number of pyridine rings is 1. The second-order valence-corrected chi connectivity index (χ2v) is 5.68. The predicted molar refractivity (Wildman–Crippen MR) is 71.8 cm³/mol. The van der Waals surface area contributed by atoms with Gasteiger partial charge in [-0.05, 0) is 38.2 Å². The van der Waals surface area contributed by atoms with E-state index in [0.29, 0.717) is 18.7 Å². The monoisotopic (exact) mass is 266 g/mol. The molecule has 1 fully saturated rings. The van der Waals surface area contributed by atoms with E-state index in [4.69, 9.17) is 0 Å². The fourth-order valence-corrected chi connectivity index (χ4v) is 2.82. The van der Waals surface area contributed by atoms with E-state index in [0.717, 1.165) is 17.9 Å². The minimum absolute atomic E-state index is 0.0348. The Hall–Kier alpha value is -1.07. The predicted octanol–water partition coefficient (Wildman–Crippen LogP) is 1.79. The molecule has 1 unspecified atom stereocenters. The van der Waals surface area contributed by atoms with Crippen molar-refractivity contribution in [3.8, 4) is 0 Å². The molecule has 4 nitrogen and oxygen atoms in total. The third-order valence-corrected chi connectivity index (χ3v) is 3.87. The minimum Gasteiger partial charge on any atom is -0.388 e. The molecule has 98 valence electrons. The van der Waals surface area contributed by atoms with Crippen LogP contribution in [-0.2, 0) is 0 Å². The van der Waals surface area contributed by atoms with Gasteiger partial charge < -0.3 is 10.0 Å². The SMILES string of the molecule is CSc1ncccc1C(=O)N1CCCC(C)(O)C1. The highest BCUT2D eigenvalue weighted by atomic mass is 32.2. The van der Waals surface area contributed by atoms with E-state index < -0.39 is 5.60 Å². The summed E-state index contributed by atoms with van der Waals surface area (Å²) in [6.45, 7) is 2.89. The average molecular weight is 266 g/mol. The number of thioether (sulfide) groups is 1. The number of aliphatic hydroxyl groups is 1. The molecule has 0 aliphatic carbocycles. The number of carbonyl (C=O) groups is 1. The van der Waals surface area contributed by atoms with Crippen LogP contribution in [0, 0.1) is 0 Å². The third kappa shape index (κ3) is 2.84. The maximum Gasteiger partial charge on any atom is 0.256 e. The van der Waals surface area contributed by atoms with E-state index in [9.17, 15) is 9.90 Å². The maximum absolute atomic E-state index is 12.4. The van der Waals surface area contributed by atoms with Crippen LogP contribution in [0.5, 0.6) is 0 Å². The number of hydrogen-bond acceptors (Lipinski definition) is 4. The van der Waals surface area contributed by atoms with Crippen molar-refractivity contribution >= 4 is 17.7 Å². The van der Waals surface area contributed by atoms with E-state index in [-0.39, 0.29) is 5.91 Å². The first-order valence-corrected chi connectivity index (χ1v) is 7.27. The lowest BCUT2D eigenvalue weighted by Crippen LogP contribution is -2.48. The molecule has 1 aromatic rings. The number of rotatable bonds is 2. The van der Waals surface area contributed by atoms with E-state index >= 15 is 0 Å². The molecule has 1 atom stereocenters. The van der Waals surface area contributed by atoms with Gasteiger partial charge in [-0.15, -0.1) is 11.8 Å². The van der Waals surface area contributed by atoms with Gasteiger partial charge in [-0.1, -0.05) is 0 Å². The summed E-state index contributed by atoms with van der Waals surface area (Å²) in [5.74, 6) is -0.0348. The number of piperidine rings is 1. The molecule has 2 rings (SSSR count). The Bertz CT molecular complexity index is 448. The van der Waals surface area contributed by atoms with Crippen LogP contribution in [0.4, 0.5) is 0 Å². The van der Waals surface area contributed by atoms with Gasteiger partial charge in [-0.3, -0.25) is 4.79 Å². The highest BCUT2D eigenvalue weighted by Gasteiger charge is 2.32. The summed E-state index contributed by atoms with van der Waals surface area (Å²) in [5, 5.41) is 10.8. The van der Waals surface area contributed by atoms with Crippen molar-refractivity contribution in [1.82, 2.24) is 9.88 Å². The first kappa shape index (κ1) is 13.4. The molecular weight excluding hydrogens is 248 g/mol. The zero-order valence-electron chi connectivity index (χ0n) is 10.7. The molecule has 0 aromatic carbocycles. The Morgan fingerprint density at radius 3 is 3.06 bits per heavy atom. The van der Waals surface area contributed by atoms with Gasteiger partial charge in [0.05, 0.1) is 11.2 Å². The molecule has 0 bridgehead atoms. The molecule has 5 heteroatoms. The molecule has 1 aliphatic heterocycles. The summed E-state index contributed by atoms with van der Waals surface area (Å²) in [6.07, 6.45) is 5.19. The normalized spacial score (nSPS) is 24.1. The molecule has 2 heterocycles. The van der Waals surface area contributed by atoms with Crippen molar-refractivity contribution < 1.29 is 9.90 Å². The molecule has 0 radical (unpaired) electrons. The Kier molecular flexibility index (Phi) is 3.92. The second kappa shape index (κ2) is 5.28. The minimum atomic E-state index is -0.768. The van der Waals surface area contributed by atoms with E-state index in [1.165, 1.54) is 11.8 Å². The summed E-state index contributed by atoms with van der Waals surface area (Å²) in [6, 6.07) is 3.57. The summed E-state index contributed by atoms with van der Waals surface area (Å²) in [4.78, 5) is 18.4. The molecule has 0 saturated carbocycles. The van der Waals surface area contributed by atoms with Crippen LogP contribution < -0.4 is 0 Å². The van der Waals surface area contributed by atoms with Crippen LogP contribution in [0.1, 0.15) is 30.1 Å². The van der Waals surface area contributed by atoms with Crippen molar-refractivity contribution in [2.45, 2.75) is 30.4 Å². The van der Waals surface area contributed by atoms with Crippen molar-refractivity contribution in [3.63, 3.8) is 0 Å². The molecule has 1 aromatic heterocycles. The third-order valence-electron chi connectivity index (χ3n) is 3.16. The van der Waals surface area contributed by atoms with Gasteiger partial charge in [-0.2, -0.15) is 0 Å². The number of nitrogens with zero attached hydrogens (tertiary/aromatic N) is 2. The molecule has 1 amide bonds. The van der Waals surface area contributed by atoms with Crippen LogP contribution in [0.2, 0.25) is 0 Å². The number of hydrogen-bond donors (Lipinski definition) is 1. The van der Waals surface area contributed by atoms with Crippen molar-refractivity contribution in [3.05, 3.63) is 23.9 Å². The van der Waals surface area contributed by atoms with Gasteiger partial charge in [0.25, 0.3) is 5.91 Å². The smallest absolute Gasteiger partial charge is 0.256 e. The van der Waals surface area contributed by atoms with Gasteiger partial charge in [0.15, 0.2) is 0 Å². The van der Waals surface area contributed by atoms with Crippen LogP contribution >= 0.6 is 11.8 Å². The quantitative estimate of drug-likeness (QED) is 0.829. The molecular formula is C13H18N2O2S. The first-order valence-electron chi connectivity index (χ1n) is 6.04. The number of amides is 1.